The van der Waals surface area contributed by atoms with Gasteiger partial charge in [0.2, 0.25) is 0 Å². The molecule has 402 valence electrons. The van der Waals surface area contributed by atoms with E-state index in [0.717, 1.165) is 70.9 Å². The molecule has 0 unspecified atom stereocenters. The first-order chi connectivity index (χ1) is 41.6. The van der Waals surface area contributed by atoms with Gasteiger partial charge in [0.05, 0.1) is 22.1 Å². The first kappa shape index (κ1) is 51.3. The molecular weight excluding hydrogens is 1080 g/mol. The molecule has 0 aliphatic carbocycles. The number of benzene rings is 13. The van der Waals surface area contributed by atoms with E-state index in [0.29, 0.717) is 0 Å². The van der Waals surface area contributed by atoms with Gasteiger partial charge in [-0.2, -0.15) is 0 Å². The van der Waals surface area contributed by atoms with Crippen LogP contribution in [0.5, 0.6) is 0 Å². The fourth-order valence-corrected chi connectivity index (χ4v) is 23.4. The third-order valence-electron chi connectivity index (χ3n) is 16.6. The normalized spacial score (nSPS) is 12.5. The van der Waals surface area contributed by atoms with Crippen LogP contribution in [0.1, 0.15) is 0 Å². The Kier molecular flexibility index (Phi) is 13.0. The predicted octanol–water partition coefficient (Wildman–Crippen LogP) is 20.2. The van der Waals surface area contributed by atoms with Crippen molar-refractivity contribution in [3.05, 3.63) is 346 Å². The average molecular weight is 1130 g/mol. The van der Waals surface area contributed by atoms with Crippen molar-refractivity contribution in [3.8, 4) is 11.4 Å². The Hall–Kier alpha value is -9.61. The zero-order valence-corrected chi connectivity index (χ0v) is 48.5. The lowest BCUT2D eigenvalue weighted by Crippen LogP contribution is -2.25. The number of para-hydroxylation sites is 2. The summed E-state index contributed by atoms with van der Waals surface area (Å²) in [4.78, 5) is 9.98. The van der Waals surface area contributed by atoms with Crippen LogP contribution in [0.3, 0.4) is 0 Å². The van der Waals surface area contributed by atoms with E-state index < -0.39 is 27.2 Å². The molecule has 0 aliphatic heterocycles. The molecule has 15 aromatic rings. The Labute approximate surface area is 493 Å². The van der Waals surface area contributed by atoms with Crippen molar-refractivity contribution in [1.29, 1.82) is 0 Å². The summed E-state index contributed by atoms with van der Waals surface area (Å²) in [7, 11) is -7.72. The van der Waals surface area contributed by atoms with E-state index in [2.05, 4.69) is 337 Å². The molecule has 0 N–H and O–H groups in total. The first-order valence-corrected chi connectivity index (χ1v) is 33.4. The SMILES string of the molecule is O=P(c1ccccc1)(c1ccc2c(c1)c1cc(S(c3ccccc3)(c3ccccc3)c3ccccc3)ccc1n2-c1ccccc1)c1ccc2c(c1)c1cc(S(c3ccccc3)(c3ccccc3)c3ccccc3)ccc1n2-c1ccccc1. The smallest absolute Gasteiger partial charge is 0.171 e. The van der Waals surface area contributed by atoms with E-state index in [1.54, 1.807) is 0 Å². The molecule has 0 fully saturated rings. The van der Waals surface area contributed by atoms with Crippen LogP contribution in [0.4, 0.5) is 0 Å². The zero-order chi connectivity index (χ0) is 56.1. The summed E-state index contributed by atoms with van der Waals surface area (Å²) in [5.41, 5.74) is 6.39. The second kappa shape index (κ2) is 21.3. The monoisotopic (exact) mass is 1130 g/mol. The van der Waals surface area contributed by atoms with Crippen LogP contribution >= 0.6 is 27.2 Å². The van der Waals surface area contributed by atoms with Crippen LogP contribution in [-0.2, 0) is 4.57 Å². The van der Waals surface area contributed by atoms with Gasteiger partial charge in [0.15, 0.2) is 7.14 Å². The second-order valence-corrected chi connectivity index (χ2v) is 30.1. The molecule has 6 heteroatoms. The maximum Gasteiger partial charge on any atom is 0.171 e. The highest BCUT2D eigenvalue weighted by atomic mass is 32.3. The van der Waals surface area contributed by atoms with Crippen molar-refractivity contribution in [2.45, 2.75) is 39.2 Å². The van der Waals surface area contributed by atoms with Crippen molar-refractivity contribution >= 4 is 86.7 Å². The number of nitrogens with zero attached hydrogens (tertiary/aromatic N) is 2. The maximum atomic E-state index is 17.5. The minimum atomic E-state index is -3.65. The molecule has 0 radical (unpaired) electrons. The molecule has 2 heterocycles. The highest BCUT2D eigenvalue weighted by Crippen LogP contribution is 2.75. The summed E-state index contributed by atoms with van der Waals surface area (Å²) < 4.78 is 22.2. The quantitative estimate of drug-likeness (QED) is 0.106. The third kappa shape index (κ3) is 8.18. The molecule has 0 saturated carbocycles. The Morgan fingerprint density at radius 2 is 0.452 bits per heavy atom. The Morgan fingerprint density at radius 3 is 0.738 bits per heavy atom. The van der Waals surface area contributed by atoms with Crippen molar-refractivity contribution < 1.29 is 4.57 Å². The van der Waals surface area contributed by atoms with Gasteiger partial charge in [-0.15, -0.1) is 20.1 Å². The molecule has 15 rings (SSSR count). The lowest BCUT2D eigenvalue weighted by molar-refractivity contribution is 0.592. The van der Waals surface area contributed by atoms with Crippen LogP contribution in [0.2, 0.25) is 0 Å². The van der Waals surface area contributed by atoms with E-state index >= 15 is 4.57 Å². The number of hydrogen-bond donors (Lipinski definition) is 0. The molecule has 3 nitrogen and oxygen atoms in total. The van der Waals surface area contributed by atoms with Crippen molar-refractivity contribution in [2.24, 2.45) is 0 Å². The molecule has 0 aliphatic rings. The van der Waals surface area contributed by atoms with Crippen LogP contribution in [0.25, 0.3) is 55.0 Å². The molecule has 0 spiro atoms. The molecule has 2 aromatic heterocycles. The first-order valence-electron chi connectivity index (χ1n) is 28.5. The Bertz CT molecular complexity index is 4400. The Balaban J connectivity index is 1.00. The molecule has 0 bridgehead atoms. The van der Waals surface area contributed by atoms with E-state index in [4.69, 9.17) is 0 Å². The standard InChI is InChI=1S/C78H57N2OPS2/c81-82(60-32-14-3-15-33-60,61-46-50-75-71(54-61)73-56-69(48-52-77(73)79(75)58-28-10-1-11-29-58)83(63-34-16-4-17-35-63,64-36-18-5-19-37-64)65-38-20-6-21-39-65)62-47-51-76-72(55-62)74-57-70(49-53-78(74)80(76)59-30-12-2-13-31-59)84(66-40-22-7-23-41-66,67-42-24-8-25-43-67)68-44-26-9-27-45-68/h1-57H. The van der Waals surface area contributed by atoms with Gasteiger partial charge in [0.1, 0.15) is 0 Å². The number of fused-ring (bicyclic) bond motifs is 6. The molecule has 84 heavy (non-hydrogen) atoms. The fraction of sp³-hybridized carbons (Fsp3) is 0. The zero-order valence-electron chi connectivity index (χ0n) is 46.0. The summed E-state index contributed by atoms with van der Waals surface area (Å²) in [5.74, 6) is 0. The van der Waals surface area contributed by atoms with Gasteiger partial charge in [-0.25, -0.2) is 0 Å². The van der Waals surface area contributed by atoms with Crippen molar-refractivity contribution in [1.82, 2.24) is 9.13 Å². The van der Waals surface area contributed by atoms with Crippen LogP contribution in [-0.4, -0.2) is 9.13 Å². The minimum absolute atomic E-state index is 0.777. The third-order valence-corrected chi connectivity index (χ3v) is 27.4. The maximum absolute atomic E-state index is 17.5. The highest BCUT2D eigenvalue weighted by molar-refractivity contribution is 8.34. The van der Waals surface area contributed by atoms with Gasteiger partial charge in [-0.1, -0.05) is 176 Å². The lowest BCUT2D eigenvalue weighted by Gasteiger charge is -2.42. The van der Waals surface area contributed by atoms with E-state index in [1.807, 2.05) is 18.2 Å². The number of aromatic nitrogens is 2. The molecule has 13 aromatic carbocycles. The van der Waals surface area contributed by atoms with Crippen molar-refractivity contribution in [3.63, 3.8) is 0 Å². The lowest BCUT2D eigenvalue weighted by atomic mass is 10.1. The van der Waals surface area contributed by atoms with Crippen molar-refractivity contribution in [2.75, 3.05) is 0 Å². The van der Waals surface area contributed by atoms with Gasteiger partial charge in [-0.3, -0.25) is 0 Å². The summed E-state index contributed by atoms with van der Waals surface area (Å²) >= 11 is 0. The second-order valence-electron chi connectivity index (χ2n) is 21.2. The van der Waals surface area contributed by atoms with Gasteiger partial charge in [-0.05, 0) is 170 Å². The number of hydrogen-bond acceptors (Lipinski definition) is 1. The molecule has 0 atom stereocenters. The molecule has 0 amide bonds. The van der Waals surface area contributed by atoms with Gasteiger partial charge >= 0.3 is 0 Å². The summed E-state index contributed by atoms with van der Waals surface area (Å²) in [6.07, 6.45) is 0. The van der Waals surface area contributed by atoms with E-state index in [9.17, 15) is 0 Å². The number of rotatable bonds is 13. The minimum Gasteiger partial charge on any atom is -0.309 e. The van der Waals surface area contributed by atoms with Crippen LogP contribution < -0.4 is 15.9 Å². The topological polar surface area (TPSA) is 26.9 Å². The van der Waals surface area contributed by atoms with Crippen LogP contribution in [0, 0.1) is 0 Å². The van der Waals surface area contributed by atoms with E-state index in [1.165, 1.54) is 39.2 Å². The fourth-order valence-electron chi connectivity index (χ4n) is 12.9. The highest BCUT2D eigenvalue weighted by Gasteiger charge is 2.37. The molecular formula is C78H57N2OPS2. The van der Waals surface area contributed by atoms with E-state index in [-0.39, 0.29) is 0 Å². The Morgan fingerprint density at radius 1 is 0.214 bits per heavy atom. The van der Waals surface area contributed by atoms with Crippen LogP contribution in [0.15, 0.2) is 385 Å². The van der Waals surface area contributed by atoms with Gasteiger partial charge < -0.3 is 13.7 Å². The summed E-state index contributed by atoms with van der Waals surface area (Å²) in [6, 6.07) is 125. The van der Waals surface area contributed by atoms with Gasteiger partial charge in [0.25, 0.3) is 0 Å². The van der Waals surface area contributed by atoms with Gasteiger partial charge in [0, 0.05) is 88.0 Å². The largest absolute Gasteiger partial charge is 0.309 e. The average Bonchev–Trinajstić information content (AvgIpc) is 2.11. The predicted molar refractivity (Wildman–Crippen MR) is 354 cm³/mol. The summed E-state index contributed by atoms with van der Waals surface area (Å²) in [6.45, 7) is 0. The summed E-state index contributed by atoms with van der Waals surface area (Å²) in [5, 5.41) is 6.62. The molecule has 0 saturated heterocycles.